The highest BCUT2D eigenvalue weighted by molar-refractivity contribution is 9.10. The van der Waals surface area contributed by atoms with Gasteiger partial charge in [0.15, 0.2) is 0 Å². The number of carboxylic acid groups (broad SMARTS) is 1. The van der Waals surface area contributed by atoms with E-state index in [4.69, 9.17) is 10.8 Å². The molecule has 2 rings (SSSR count). The maximum absolute atomic E-state index is 11.2. The van der Waals surface area contributed by atoms with E-state index >= 15 is 0 Å². The average Bonchev–Trinajstić information content (AvgIpc) is 2.56. The van der Waals surface area contributed by atoms with E-state index in [2.05, 4.69) is 21.0 Å². The number of rotatable bonds is 3. The Bertz CT molecular complexity index is 579. The SMILES string of the molecule is Cn1nc(Br)c2c(C(CN)C(=O)O)cccc21. The Labute approximate surface area is 106 Å². The molecule has 1 atom stereocenters. The van der Waals surface area contributed by atoms with Crippen molar-refractivity contribution in [3.8, 4) is 0 Å². The molecule has 0 amide bonds. The summed E-state index contributed by atoms with van der Waals surface area (Å²) < 4.78 is 2.35. The van der Waals surface area contributed by atoms with Crippen molar-refractivity contribution in [2.75, 3.05) is 6.54 Å². The molecule has 0 saturated heterocycles. The van der Waals surface area contributed by atoms with Crippen LogP contribution >= 0.6 is 15.9 Å². The molecule has 90 valence electrons. The van der Waals surface area contributed by atoms with Crippen LogP contribution in [0.25, 0.3) is 10.9 Å². The van der Waals surface area contributed by atoms with E-state index in [9.17, 15) is 4.79 Å². The molecule has 17 heavy (non-hydrogen) atoms. The molecule has 0 fully saturated rings. The summed E-state index contributed by atoms with van der Waals surface area (Å²) in [4.78, 5) is 11.2. The summed E-state index contributed by atoms with van der Waals surface area (Å²) in [6.45, 7) is 0.0653. The molecule has 0 radical (unpaired) electrons. The summed E-state index contributed by atoms with van der Waals surface area (Å²) in [7, 11) is 1.81. The summed E-state index contributed by atoms with van der Waals surface area (Å²) in [5.74, 6) is -1.63. The lowest BCUT2D eigenvalue weighted by Gasteiger charge is -2.11. The highest BCUT2D eigenvalue weighted by atomic mass is 79.9. The van der Waals surface area contributed by atoms with Crippen molar-refractivity contribution in [3.63, 3.8) is 0 Å². The number of carboxylic acids is 1. The van der Waals surface area contributed by atoms with E-state index in [1.165, 1.54) is 0 Å². The highest BCUT2D eigenvalue weighted by Crippen LogP contribution is 2.30. The first kappa shape index (κ1) is 12.1. The number of carbonyl (C=O) groups is 1. The molecule has 6 heteroatoms. The molecule has 0 aliphatic rings. The maximum Gasteiger partial charge on any atom is 0.312 e. The molecular weight excluding hydrogens is 286 g/mol. The molecule has 1 heterocycles. The summed E-state index contributed by atoms with van der Waals surface area (Å²) in [6.07, 6.45) is 0. The van der Waals surface area contributed by atoms with Gasteiger partial charge in [0, 0.05) is 19.0 Å². The fourth-order valence-corrected chi connectivity index (χ4v) is 2.61. The Morgan fingerprint density at radius 2 is 2.35 bits per heavy atom. The minimum atomic E-state index is -0.921. The first-order chi connectivity index (χ1) is 8.06. The molecule has 0 spiro atoms. The summed E-state index contributed by atoms with van der Waals surface area (Å²) in [6, 6.07) is 5.49. The number of hydrogen-bond donors (Lipinski definition) is 2. The van der Waals surface area contributed by atoms with Crippen LogP contribution in [0.2, 0.25) is 0 Å². The predicted octanol–water partition coefficient (Wildman–Crippen LogP) is 1.46. The molecule has 0 aliphatic heterocycles. The van der Waals surface area contributed by atoms with E-state index in [1.807, 2.05) is 19.2 Å². The van der Waals surface area contributed by atoms with Crippen molar-refractivity contribution in [3.05, 3.63) is 28.4 Å². The molecule has 2 aromatic rings. The standard InChI is InChI=1S/C11H12BrN3O2/c1-15-8-4-2-3-6(7(5-13)11(16)17)9(8)10(12)14-15/h2-4,7H,5,13H2,1H3,(H,16,17). The fourth-order valence-electron chi connectivity index (χ4n) is 1.94. The number of aromatic nitrogens is 2. The van der Waals surface area contributed by atoms with Crippen LogP contribution in [0.1, 0.15) is 11.5 Å². The molecule has 1 aromatic carbocycles. The average molecular weight is 298 g/mol. The number of fused-ring (bicyclic) bond motifs is 1. The third-order valence-electron chi connectivity index (χ3n) is 2.78. The van der Waals surface area contributed by atoms with Crippen molar-refractivity contribution in [2.24, 2.45) is 12.8 Å². The molecule has 5 nitrogen and oxygen atoms in total. The predicted molar refractivity (Wildman–Crippen MR) is 67.8 cm³/mol. The van der Waals surface area contributed by atoms with Gasteiger partial charge < -0.3 is 10.8 Å². The van der Waals surface area contributed by atoms with Gasteiger partial charge in [0.1, 0.15) is 4.60 Å². The van der Waals surface area contributed by atoms with Gasteiger partial charge in [0.2, 0.25) is 0 Å². The van der Waals surface area contributed by atoms with E-state index in [0.717, 1.165) is 10.9 Å². The largest absolute Gasteiger partial charge is 0.481 e. The third-order valence-corrected chi connectivity index (χ3v) is 3.33. The Kier molecular flexibility index (Phi) is 3.17. The topological polar surface area (TPSA) is 81.1 Å². The smallest absolute Gasteiger partial charge is 0.312 e. The van der Waals surface area contributed by atoms with Crippen LogP contribution in [0.5, 0.6) is 0 Å². The highest BCUT2D eigenvalue weighted by Gasteiger charge is 2.22. The monoisotopic (exact) mass is 297 g/mol. The van der Waals surface area contributed by atoms with Crippen LogP contribution in [-0.4, -0.2) is 27.4 Å². The van der Waals surface area contributed by atoms with Gasteiger partial charge in [-0.2, -0.15) is 5.10 Å². The third kappa shape index (κ3) is 1.94. The number of hydrogen-bond acceptors (Lipinski definition) is 3. The van der Waals surface area contributed by atoms with Gasteiger partial charge in [-0.15, -0.1) is 0 Å². The summed E-state index contributed by atoms with van der Waals surface area (Å²) in [5.41, 5.74) is 7.11. The Morgan fingerprint density at radius 1 is 1.65 bits per heavy atom. The molecule has 3 N–H and O–H groups in total. The van der Waals surface area contributed by atoms with Crippen LogP contribution in [0.3, 0.4) is 0 Å². The number of nitrogens with zero attached hydrogens (tertiary/aromatic N) is 2. The first-order valence-corrected chi connectivity index (χ1v) is 5.89. The second kappa shape index (κ2) is 4.46. The molecular formula is C11H12BrN3O2. The van der Waals surface area contributed by atoms with E-state index in [-0.39, 0.29) is 6.54 Å². The van der Waals surface area contributed by atoms with Crippen molar-refractivity contribution in [1.29, 1.82) is 0 Å². The molecule has 1 unspecified atom stereocenters. The lowest BCUT2D eigenvalue weighted by molar-refractivity contribution is -0.138. The fraction of sp³-hybridized carbons (Fsp3) is 0.273. The first-order valence-electron chi connectivity index (χ1n) is 5.10. The summed E-state index contributed by atoms with van der Waals surface area (Å²) >= 11 is 3.35. The van der Waals surface area contributed by atoms with Crippen LogP contribution in [0, 0.1) is 0 Å². The van der Waals surface area contributed by atoms with Crippen molar-refractivity contribution in [2.45, 2.75) is 5.92 Å². The van der Waals surface area contributed by atoms with Crippen molar-refractivity contribution in [1.82, 2.24) is 9.78 Å². The molecule has 0 aliphatic carbocycles. The zero-order valence-electron chi connectivity index (χ0n) is 9.22. The summed E-state index contributed by atoms with van der Waals surface area (Å²) in [5, 5.41) is 14.2. The Hall–Kier alpha value is -1.40. The van der Waals surface area contributed by atoms with Gasteiger partial charge in [-0.3, -0.25) is 9.48 Å². The van der Waals surface area contributed by atoms with Gasteiger partial charge in [-0.25, -0.2) is 0 Å². The lowest BCUT2D eigenvalue weighted by atomic mass is 9.96. The van der Waals surface area contributed by atoms with E-state index < -0.39 is 11.9 Å². The number of aliphatic carboxylic acids is 1. The minimum Gasteiger partial charge on any atom is -0.481 e. The zero-order chi connectivity index (χ0) is 12.6. The van der Waals surface area contributed by atoms with Gasteiger partial charge >= 0.3 is 5.97 Å². The van der Waals surface area contributed by atoms with E-state index in [1.54, 1.807) is 10.7 Å². The number of aryl methyl sites for hydroxylation is 1. The zero-order valence-corrected chi connectivity index (χ0v) is 10.8. The maximum atomic E-state index is 11.2. The molecule has 1 aromatic heterocycles. The second-order valence-corrected chi connectivity index (χ2v) is 4.53. The van der Waals surface area contributed by atoms with Crippen molar-refractivity contribution < 1.29 is 9.90 Å². The van der Waals surface area contributed by atoms with Gasteiger partial charge in [-0.05, 0) is 27.6 Å². The second-order valence-electron chi connectivity index (χ2n) is 3.78. The number of benzene rings is 1. The quantitative estimate of drug-likeness (QED) is 0.899. The number of halogens is 1. The Morgan fingerprint density at radius 3 is 2.94 bits per heavy atom. The lowest BCUT2D eigenvalue weighted by Crippen LogP contribution is -2.21. The van der Waals surface area contributed by atoms with Crippen LogP contribution in [-0.2, 0) is 11.8 Å². The van der Waals surface area contributed by atoms with Gasteiger partial charge in [0.05, 0.1) is 11.4 Å². The normalized spacial score (nSPS) is 12.9. The Balaban J connectivity index is 2.73. The minimum absolute atomic E-state index is 0.0653. The van der Waals surface area contributed by atoms with Crippen LogP contribution < -0.4 is 5.73 Å². The van der Waals surface area contributed by atoms with Crippen LogP contribution in [0.15, 0.2) is 22.8 Å². The number of nitrogens with two attached hydrogens (primary N) is 1. The van der Waals surface area contributed by atoms with E-state index in [0.29, 0.717) is 10.2 Å². The van der Waals surface area contributed by atoms with Crippen molar-refractivity contribution >= 4 is 32.8 Å². The molecule has 0 saturated carbocycles. The van der Waals surface area contributed by atoms with Gasteiger partial charge in [-0.1, -0.05) is 12.1 Å². The molecule has 0 bridgehead atoms. The van der Waals surface area contributed by atoms with Gasteiger partial charge in [0.25, 0.3) is 0 Å². The van der Waals surface area contributed by atoms with Crippen LogP contribution in [0.4, 0.5) is 0 Å².